The molecule has 0 spiro atoms. The number of carbonyl (C=O) groups excluding carboxylic acids is 1. The van der Waals surface area contributed by atoms with Gasteiger partial charge >= 0.3 is 0 Å². The maximum absolute atomic E-state index is 12.5. The number of carbonyl (C=O) groups is 1. The second-order valence-electron chi connectivity index (χ2n) is 4.97. The Labute approximate surface area is 116 Å². The number of methoxy groups -OCH3 is 1. The number of amides is 1. The van der Waals surface area contributed by atoms with Crippen molar-refractivity contribution in [2.45, 2.75) is 18.9 Å². The van der Waals surface area contributed by atoms with E-state index < -0.39 is 0 Å². The molecule has 5 nitrogen and oxygen atoms in total. The Bertz CT molecular complexity index is 634. The Morgan fingerprint density at radius 2 is 2.40 bits per heavy atom. The number of hydrogen-bond donors (Lipinski definition) is 1. The number of hydrogen-bond acceptors (Lipinski definition) is 4. The Balaban J connectivity index is 1.96. The predicted octanol–water partition coefficient (Wildman–Crippen LogP) is 2.04. The first-order chi connectivity index (χ1) is 9.74. The van der Waals surface area contributed by atoms with Gasteiger partial charge in [-0.05, 0) is 25.0 Å². The van der Waals surface area contributed by atoms with Crippen LogP contribution in [0.3, 0.4) is 0 Å². The molecule has 2 heterocycles. The van der Waals surface area contributed by atoms with Crippen molar-refractivity contribution in [1.82, 2.24) is 4.90 Å². The van der Waals surface area contributed by atoms with Crippen molar-refractivity contribution in [3.63, 3.8) is 0 Å². The number of rotatable bonds is 3. The van der Waals surface area contributed by atoms with Crippen molar-refractivity contribution < 1.29 is 19.1 Å². The zero-order valence-electron chi connectivity index (χ0n) is 11.3. The molecule has 1 N–H and O–H groups in total. The molecule has 0 bridgehead atoms. The maximum atomic E-state index is 12.5. The topological polar surface area (TPSA) is 62.9 Å². The van der Waals surface area contributed by atoms with Gasteiger partial charge in [-0.1, -0.05) is 12.1 Å². The first kappa shape index (κ1) is 13.0. The third-order valence-electron chi connectivity index (χ3n) is 3.79. The minimum Gasteiger partial charge on any atom is -0.493 e. The third-order valence-corrected chi connectivity index (χ3v) is 3.79. The van der Waals surface area contributed by atoms with Gasteiger partial charge in [-0.15, -0.1) is 0 Å². The summed E-state index contributed by atoms with van der Waals surface area (Å²) >= 11 is 0. The number of fused-ring (bicyclic) bond motifs is 1. The highest BCUT2D eigenvalue weighted by Crippen LogP contribution is 2.30. The van der Waals surface area contributed by atoms with Gasteiger partial charge in [-0.2, -0.15) is 0 Å². The Hall–Kier alpha value is -2.01. The number of furan rings is 1. The number of likely N-dealkylation sites (tertiary alicyclic amines) is 1. The molecule has 1 unspecified atom stereocenters. The lowest BCUT2D eigenvalue weighted by Gasteiger charge is -2.21. The van der Waals surface area contributed by atoms with E-state index in [9.17, 15) is 9.90 Å². The monoisotopic (exact) mass is 275 g/mol. The van der Waals surface area contributed by atoms with Crippen molar-refractivity contribution in [2.75, 3.05) is 20.3 Å². The standard InChI is InChI=1S/C15H17NO4/c1-19-12-6-2-4-10-8-13(20-14(10)12)15(18)16-7-3-5-11(16)9-17/h2,4,6,8,11,17H,3,5,7,9H2,1H3. The average molecular weight is 275 g/mol. The fourth-order valence-electron chi connectivity index (χ4n) is 2.74. The minimum atomic E-state index is -0.167. The molecule has 5 heteroatoms. The molecule has 0 aliphatic carbocycles. The molecule has 106 valence electrons. The number of nitrogens with zero attached hydrogens (tertiary/aromatic N) is 1. The summed E-state index contributed by atoms with van der Waals surface area (Å²) in [6.45, 7) is 0.660. The van der Waals surface area contributed by atoms with Crippen LogP contribution in [0.25, 0.3) is 11.0 Å². The number of ether oxygens (including phenoxy) is 1. The molecule has 3 rings (SSSR count). The third kappa shape index (κ3) is 2.04. The molecular formula is C15H17NO4. The lowest BCUT2D eigenvalue weighted by molar-refractivity contribution is 0.0648. The van der Waals surface area contributed by atoms with Crippen molar-refractivity contribution in [1.29, 1.82) is 0 Å². The van der Waals surface area contributed by atoms with Crippen molar-refractivity contribution >= 4 is 16.9 Å². The summed E-state index contributed by atoms with van der Waals surface area (Å²) < 4.78 is 10.9. The molecule has 1 aromatic carbocycles. The minimum absolute atomic E-state index is 0.00467. The number of aliphatic hydroxyl groups excluding tert-OH is 1. The highest BCUT2D eigenvalue weighted by atomic mass is 16.5. The van der Waals surface area contributed by atoms with Crippen LogP contribution in [-0.4, -0.2) is 42.2 Å². The van der Waals surface area contributed by atoms with Crippen LogP contribution in [-0.2, 0) is 0 Å². The molecule has 2 aromatic rings. The van der Waals surface area contributed by atoms with E-state index in [0.717, 1.165) is 18.2 Å². The number of para-hydroxylation sites is 1. The van der Waals surface area contributed by atoms with Crippen LogP contribution >= 0.6 is 0 Å². The molecule has 1 atom stereocenters. The van der Waals surface area contributed by atoms with E-state index in [-0.39, 0.29) is 18.6 Å². The van der Waals surface area contributed by atoms with E-state index in [1.807, 2.05) is 12.1 Å². The number of benzene rings is 1. The first-order valence-electron chi connectivity index (χ1n) is 6.73. The fourth-order valence-corrected chi connectivity index (χ4v) is 2.74. The lowest BCUT2D eigenvalue weighted by atomic mass is 10.2. The van der Waals surface area contributed by atoms with Crippen LogP contribution in [0, 0.1) is 0 Å². The van der Waals surface area contributed by atoms with Crippen LogP contribution in [0.4, 0.5) is 0 Å². The summed E-state index contributed by atoms with van der Waals surface area (Å²) in [5.41, 5.74) is 0.582. The van der Waals surface area contributed by atoms with Gasteiger partial charge in [0.2, 0.25) is 0 Å². The Morgan fingerprint density at radius 3 is 3.15 bits per heavy atom. The van der Waals surface area contributed by atoms with E-state index >= 15 is 0 Å². The van der Waals surface area contributed by atoms with Gasteiger partial charge in [0.05, 0.1) is 19.8 Å². The molecule has 1 aliphatic heterocycles. The fraction of sp³-hybridized carbons (Fsp3) is 0.400. The second-order valence-corrected chi connectivity index (χ2v) is 4.97. The van der Waals surface area contributed by atoms with E-state index in [1.54, 1.807) is 24.1 Å². The van der Waals surface area contributed by atoms with Crippen molar-refractivity contribution in [3.05, 3.63) is 30.0 Å². The van der Waals surface area contributed by atoms with E-state index in [4.69, 9.17) is 9.15 Å². The largest absolute Gasteiger partial charge is 0.493 e. The van der Waals surface area contributed by atoms with Gasteiger partial charge < -0.3 is 19.2 Å². The molecule has 1 aliphatic rings. The van der Waals surface area contributed by atoms with Gasteiger partial charge in [0.25, 0.3) is 5.91 Å². The summed E-state index contributed by atoms with van der Waals surface area (Å²) in [4.78, 5) is 14.2. The van der Waals surface area contributed by atoms with Gasteiger partial charge in [-0.25, -0.2) is 0 Å². The quantitative estimate of drug-likeness (QED) is 0.931. The van der Waals surface area contributed by atoms with E-state index in [0.29, 0.717) is 23.6 Å². The lowest BCUT2D eigenvalue weighted by Crippen LogP contribution is -2.37. The normalized spacial score (nSPS) is 18.7. The Kier molecular flexibility index (Phi) is 3.36. The number of aliphatic hydroxyl groups is 1. The average Bonchev–Trinajstić information content (AvgIpc) is 3.11. The highest BCUT2D eigenvalue weighted by Gasteiger charge is 2.30. The summed E-state index contributed by atoms with van der Waals surface area (Å²) in [5, 5.41) is 10.1. The SMILES string of the molecule is COc1cccc2cc(C(=O)N3CCCC3CO)oc12. The van der Waals surface area contributed by atoms with Crippen molar-refractivity contribution in [3.8, 4) is 5.75 Å². The van der Waals surface area contributed by atoms with Gasteiger partial charge in [0, 0.05) is 11.9 Å². The van der Waals surface area contributed by atoms with Gasteiger partial charge in [-0.3, -0.25) is 4.79 Å². The van der Waals surface area contributed by atoms with E-state index in [2.05, 4.69) is 0 Å². The molecule has 0 saturated carbocycles. The van der Waals surface area contributed by atoms with Gasteiger partial charge in [0.15, 0.2) is 17.1 Å². The van der Waals surface area contributed by atoms with E-state index in [1.165, 1.54) is 0 Å². The zero-order valence-corrected chi connectivity index (χ0v) is 11.3. The van der Waals surface area contributed by atoms with Gasteiger partial charge in [0.1, 0.15) is 0 Å². The Morgan fingerprint density at radius 1 is 1.55 bits per heavy atom. The smallest absolute Gasteiger partial charge is 0.289 e. The highest BCUT2D eigenvalue weighted by molar-refractivity contribution is 5.97. The summed E-state index contributed by atoms with van der Waals surface area (Å²) in [6, 6.07) is 7.17. The van der Waals surface area contributed by atoms with Crippen LogP contribution in [0.5, 0.6) is 5.75 Å². The summed E-state index contributed by atoms with van der Waals surface area (Å²) in [7, 11) is 1.57. The molecule has 1 aromatic heterocycles. The molecule has 20 heavy (non-hydrogen) atoms. The summed E-state index contributed by atoms with van der Waals surface area (Å²) in [5.74, 6) is 0.742. The predicted molar refractivity (Wildman–Crippen MR) is 73.9 cm³/mol. The van der Waals surface area contributed by atoms with Crippen LogP contribution < -0.4 is 4.74 Å². The molecule has 1 saturated heterocycles. The zero-order chi connectivity index (χ0) is 14.1. The molecule has 1 amide bonds. The molecular weight excluding hydrogens is 258 g/mol. The van der Waals surface area contributed by atoms with Crippen LogP contribution in [0.1, 0.15) is 23.4 Å². The summed E-state index contributed by atoms with van der Waals surface area (Å²) in [6.07, 6.45) is 1.76. The van der Waals surface area contributed by atoms with Crippen LogP contribution in [0.15, 0.2) is 28.7 Å². The maximum Gasteiger partial charge on any atom is 0.289 e. The molecule has 1 fully saturated rings. The van der Waals surface area contributed by atoms with Crippen molar-refractivity contribution in [2.24, 2.45) is 0 Å². The van der Waals surface area contributed by atoms with Crippen LogP contribution in [0.2, 0.25) is 0 Å². The first-order valence-corrected chi connectivity index (χ1v) is 6.73. The molecule has 0 radical (unpaired) electrons. The second kappa shape index (κ2) is 5.17.